The van der Waals surface area contributed by atoms with Crippen LogP contribution in [0.5, 0.6) is 11.5 Å². The first-order valence-corrected chi connectivity index (χ1v) is 7.14. The molecule has 0 bridgehead atoms. The first-order valence-electron chi connectivity index (χ1n) is 6.07. The highest BCUT2D eigenvalue weighted by Crippen LogP contribution is 2.34. The third-order valence-electron chi connectivity index (χ3n) is 2.29. The molecule has 1 aromatic carbocycles. The van der Waals surface area contributed by atoms with E-state index >= 15 is 0 Å². The standard InChI is InChI=1S/C17H7Cl2F3O2/c1-2-3-4-5-6-7-8-23-15-9-14(12-19)16(10-13(15)11-18)24-17(20,21)22/h1,9-10H,11-12H2. The predicted octanol–water partition coefficient (Wildman–Crippen LogP) is 4.04. The molecular formula is C17H7Cl2F3O2. The zero-order valence-electron chi connectivity index (χ0n) is 11.9. The van der Waals surface area contributed by atoms with Crippen LogP contribution in [0.3, 0.4) is 0 Å². The van der Waals surface area contributed by atoms with E-state index in [0.29, 0.717) is 0 Å². The van der Waals surface area contributed by atoms with Gasteiger partial charge in [-0.05, 0) is 29.9 Å². The minimum atomic E-state index is -4.85. The van der Waals surface area contributed by atoms with Crippen LogP contribution in [-0.4, -0.2) is 6.36 Å². The molecular weight excluding hydrogens is 364 g/mol. The van der Waals surface area contributed by atoms with Gasteiger partial charge in [0.1, 0.15) is 17.6 Å². The zero-order chi connectivity index (χ0) is 18.0. The van der Waals surface area contributed by atoms with Crippen molar-refractivity contribution in [3.63, 3.8) is 0 Å². The minimum absolute atomic E-state index is 0.0747. The van der Waals surface area contributed by atoms with Gasteiger partial charge in [-0.3, -0.25) is 0 Å². The quantitative estimate of drug-likeness (QED) is 0.588. The van der Waals surface area contributed by atoms with Gasteiger partial charge in [0.05, 0.1) is 11.8 Å². The lowest BCUT2D eigenvalue weighted by atomic mass is 10.1. The Bertz CT molecular complexity index is 820. The molecule has 0 heterocycles. The van der Waals surface area contributed by atoms with Crippen molar-refractivity contribution in [2.45, 2.75) is 18.1 Å². The molecule has 2 nitrogen and oxygen atoms in total. The molecule has 1 rings (SSSR count). The van der Waals surface area contributed by atoms with Crippen molar-refractivity contribution in [2.24, 2.45) is 0 Å². The molecule has 122 valence electrons. The normalized spacial score (nSPS) is 9.17. The van der Waals surface area contributed by atoms with Crippen LogP contribution in [-0.2, 0) is 11.8 Å². The van der Waals surface area contributed by atoms with Gasteiger partial charge in [0, 0.05) is 28.9 Å². The maximum Gasteiger partial charge on any atom is 0.573 e. The Hall–Kier alpha value is -2.57. The van der Waals surface area contributed by atoms with Gasteiger partial charge < -0.3 is 9.47 Å². The Morgan fingerprint density at radius 1 is 0.917 bits per heavy atom. The second-order valence-corrected chi connectivity index (χ2v) is 4.39. The molecule has 7 heteroatoms. The van der Waals surface area contributed by atoms with E-state index in [0.717, 1.165) is 6.07 Å². The smallest absolute Gasteiger partial charge is 0.406 e. The van der Waals surface area contributed by atoms with E-state index in [1.54, 1.807) is 0 Å². The molecule has 0 amide bonds. The van der Waals surface area contributed by atoms with Gasteiger partial charge in [0.2, 0.25) is 0 Å². The lowest BCUT2D eigenvalue weighted by Crippen LogP contribution is -2.18. The number of hydrogen-bond donors (Lipinski definition) is 0. The summed E-state index contributed by atoms with van der Waals surface area (Å²) >= 11 is 11.3. The topological polar surface area (TPSA) is 18.5 Å². The first-order chi connectivity index (χ1) is 11.4. The molecule has 0 fully saturated rings. The number of alkyl halides is 5. The van der Waals surface area contributed by atoms with Crippen LogP contribution in [0.1, 0.15) is 11.1 Å². The molecule has 0 aliphatic rings. The Morgan fingerprint density at radius 3 is 2.04 bits per heavy atom. The minimum Gasteiger partial charge on any atom is -0.406 e. The number of terminal acetylenes is 1. The van der Waals surface area contributed by atoms with Gasteiger partial charge in [0.25, 0.3) is 0 Å². The number of halogens is 5. The summed E-state index contributed by atoms with van der Waals surface area (Å²) in [5.74, 6) is 13.1. The van der Waals surface area contributed by atoms with Crippen LogP contribution in [0.15, 0.2) is 12.1 Å². The van der Waals surface area contributed by atoms with Crippen molar-refractivity contribution in [1.29, 1.82) is 0 Å². The summed E-state index contributed by atoms with van der Waals surface area (Å²) in [5, 5.41) is 0. The fourth-order valence-corrected chi connectivity index (χ4v) is 1.82. The van der Waals surface area contributed by atoms with Crippen LogP contribution < -0.4 is 9.47 Å². The lowest BCUT2D eigenvalue weighted by molar-refractivity contribution is -0.274. The van der Waals surface area contributed by atoms with Crippen molar-refractivity contribution in [3.8, 4) is 59.6 Å². The largest absolute Gasteiger partial charge is 0.573 e. The summed E-state index contributed by atoms with van der Waals surface area (Å²) < 4.78 is 46.2. The van der Waals surface area contributed by atoms with E-state index in [9.17, 15) is 13.2 Å². The number of hydrogen-bond acceptors (Lipinski definition) is 2. The molecule has 0 radical (unpaired) electrons. The third kappa shape index (κ3) is 6.68. The monoisotopic (exact) mass is 370 g/mol. The fourth-order valence-electron chi connectivity index (χ4n) is 1.40. The maximum absolute atomic E-state index is 12.4. The van der Waals surface area contributed by atoms with Crippen molar-refractivity contribution in [2.75, 3.05) is 0 Å². The van der Waals surface area contributed by atoms with Gasteiger partial charge in [-0.2, -0.15) is 0 Å². The summed E-state index contributed by atoms with van der Waals surface area (Å²) in [6.45, 7) is 0. The molecule has 0 atom stereocenters. The molecule has 0 unspecified atom stereocenters. The van der Waals surface area contributed by atoms with Crippen molar-refractivity contribution < 1.29 is 22.6 Å². The van der Waals surface area contributed by atoms with Crippen LogP contribution in [0, 0.1) is 48.1 Å². The SMILES string of the molecule is C#CC#CC#CC#COc1cc(CCl)c(OC(F)(F)F)cc1CCl. The zero-order valence-corrected chi connectivity index (χ0v) is 13.4. The van der Waals surface area contributed by atoms with Crippen LogP contribution in [0.2, 0.25) is 0 Å². The molecule has 24 heavy (non-hydrogen) atoms. The van der Waals surface area contributed by atoms with E-state index in [1.165, 1.54) is 6.07 Å². The molecule has 1 aromatic rings. The summed E-state index contributed by atoms with van der Waals surface area (Å²) in [5.41, 5.74) is 0.324. The molecule has 0 aliphatic heterocycles. The summed E-state index contributed by atoms with van der Waals surface area (Å²) in [6.07, 6.45) is 2.32. The van der Waals surface area contributed by atoms with Gasteiger partial charge in [-0.25, -0.2) is 0 Å². The molecule has 0 saturated carbocycles. The Morgan fingerprint density at radius 2 is 1.46 bits per heavy atom. The molecule has 0 aromatic heterocycles. The van der Waals surface area contributed by atoms with E-state index < -0.39 is 12.1 Å². The highest BCUT2D eigenvalue weighted by atomic mass is 35.5. The number of rotatable bonds is 4. The predicted molar refractivity (Wildman–Crippen MR) is 85.0 cm³/mol. The van der Waals surface area contributed by atoms with E-state index in [4.69, 9.17) is 34.4 Å². The van der Waals surface area contributed by atoms with Crippen LogP contribution >= 0.6 is 23.2 Å². The Kier molecular flexibility index (Phi) is 7.74. The molecule has 0 spiro atoms. The van der Waals surface area contributed by atoms with Crippen LogP contribution in [0.25, 0.3) is 0 Å². The third-order valence-corrected chi connectivity index (χ3v) is 2.87. The van der Waals surface area contributed by atoms with Crippen LogP contribution in [0.4, 0.5) is 13.2 Å². The fraction of sp³-hybridized carbons (Fsp3) is 0.176. The lowest BCUT2D eigenvalue weighted by Gasteiger charge is -2.14. The number of ether oxygens (including phenoxy) is 2. The highest BCUT2D eigenvalue weighted by molar-refractivity contribution is 6.18. The average Bonchev–Trinajstić information content (AvgIpc) is 2.53. The Balaban J connectivity index is 3.05. The summed E-state index contributed by atoms with van der Waals surface area (Å²) in [4.78, 5) is 0. The van der Waals surface area contributed by atoms with Crippen molar-refractivity contribution >= 4 is 23.2 Å². The van der Waals surface area contributed by atoms with Gasteiger partial charge >= 0.3 is 6.36 Å². The molecule has 0 N–H and O–H groups in total. The van der Waals surface area contributed by atoms with Crippen molar-refractivity contribution in [1.82, 2.24) is 0 Å². The van der Waals surface area contributed by atoms with Gasteiger partial charge in [0.15, 0.2) is 0 Å². The summed E-state index contributed by atoms with van der Waals surface area (Å²) in [6, 6.07) is 2.37. The summed E-state index contributed by atoms with van der Waals surface area (Å²) in [7, 11) is 0. The first kappa shape index (κ1) is 19.5. The van der Waals surface area contributed by atoms with E-state index in [-0.39, 0.29) is 28.6 Å². The second-order valence-electron chi connectivity index (χ2n) is 3.86. The second kappa shape index (κ2) is 9.54. The van der Waals surface area contributed by atoms with E-state index in [2.05, 4.69) is 46.4 Å². The maximum atomic E-state index is 12.4. The average molecular weight is 371 g/mol. The molecule has 0 aliphatic carbocycles. The van der Waals surface area contributed by atoms with Gasteiger partial charge in [-0.1, -0.05) is 0 Å². The Labute approximate surface area is 147 Å². The van der Waals surface area contributed by atoms with Crippen molar-refractivity contribution in [3.05, 3.63) is 23.3 Å². The van der Waals surface area contributed by atoms with Gasteiger partial charge in [-0.15, -0.1) is 42.8 Å². The van der Waals surface area contributed by atoms with E-state index in [1.807, 2.05) is 0 Å². The molecule has 0 saturated heterocycles. The highest BCUT2D eigenvalue weighted by Gasteiger charge is 2.32. The number of benzene rings is 1.